The van der Waals surface area contributed by atoms with E-state index in [9.17, 15) is 56.2 Å². The summed E-state index contributed by atoms with van der Waals surface area (Å²) in [6.45, 7) is -1.29. The maximum Gasteiger partial charge on any atom is 0.270 e. The van der Waals surface area contributed by atoms with E-state index in [2.05, 4.69) is 4.74 Å². The molecule has 3 heterocycles. The van der Waals surface area contributed by atoms with Crippen LogP contribution in [0.4, 0.5) is 0 Å². The van der Waals surface area contributed by atoms with E-state index in [4.69, 9.17) is 18.9 Å². The van der Waals surface area contributed by atoms with Gasteiger partial charge in [-0.1, -0.05) is 0 Å². The highest BCUT2D eigenvalue weighted by atomic mass is 16.7. The minimum absolute atomic E-state index is 0.0696. The normalized spacial score (nSPS) is 35.9. The second-order valence-electron chi connectivity index (χ2n) is 10.4. The van der Waals surface area contributed by atoms with Gasteiger partial charge in [0.15, 0.2) is 23.5 Å². The van der Waals surface area contributed by atoms with Crippen LogP contribution in [-0.4, -0.2) is 136 Å². The largest absolute Gasteiger partial charge is 0.571 e. The van der Waals surface area contributed by atoms with Crippen molar-refractivity contribution < 1.29 is 79.9 Å². The third kappa shape index (κ3) is 6.02. The number of ether oxygens (including phenoxy) is 5. The number of hydrogen-bond acceptors (Lipinski definition) is 15. The van der Waals surface area contributed by atoms with Gasteiger partial charge >= 0.3 is 0 Å². The van der Waals surface area contributed by atoms with E-state index in [-0.39, 0.29) is 34.1 Å². The third-order valence-electron chi connectivity index (χ3n) is 7.45. The number of aromatic hydroxyl groups is 5. The van der Waals surface area contributed by atoms with Gasteiger partial charge in [-0.25, -0.2) is 0 Å². The molecule has 5 rings (SSSR count). The lowest BCUT2D eigenvalue weighted by atomic mass is 9.98. The zero-order valence-corrected chi connectivity index (χ0v) is 22.2. The Bertz CT molecular complexity index is 1330. The fraction of sp³-hybridized carbons (Fsp3) is 0.481. The lowest BCUT2D eigenvalue weighted by molar-refractivity contribution is -0.328. The zero-order valence-electron chi connectivity index (χ0n) is 22.2. The summed E-state index contributed by atoms with van der Waals surface area (Å²) in [4.78, 5) is 0. The highest BCUT2D eigenvalue weighted by Crippen LogP contribution is 2.46. The first-order valence-electron chi connectivity index (χ1n) is 13.2. The van der Waals surface area contributed by atoms with Crippen LogP contribution in [0.5, 0.6) is 28.7 Å². The predicted molar refractivity (Wildman–Crippen MR) is 139 cm³/mol. The molecular formula is C27H33O16+. The Balaban J connectivity index is 1.39. The van der Waals surface area contributed by atoms with Crippen LogP contribution >= 0.6 is 0 Å². The first kappa shape index (κ1) is 31.0. The highest BCUT2D eigenvalue weighted by Gasteiger charge is 2.49. The van der Waals surface area contributed by atoms with Crippen molar-refractivity contribution in [3.63, 3.8) is 0 Å². The van der Waals surface area contributed by atoms with Crippen molar-refractivity contribution in [1.29, 1.82) is 0 Å². The molecule has 11 atom stereocenters. The summed E-state index contributed by atoms with van der Waals surface area (Å²) in [6.07, 6.45) is -16.2. The molecule has 2 aromatic rings. The maximum absolute atomic E-state index is 10.7. The first-order valence-corrected chi connectivity index (χ1v) is 13.2. The average molecular weight is 614 g/mol. The number of rotatable bonds is 7. The van der Waals surface area contributed by atoms with E-state index in [0.29, 0.717) is 0 Å². The summed E-state index contributed by atoms with van der Waals surface area (Å²) < 4.78 is 26.8. The molecular weight excluding hydrogens is 580 g/mol. The van der Waals surface area contributed by atoms with Crippen molar-refractivity contribution >= 4 is 6.08 Å². The Kier molecular flexibility index (Phi) is 8.87. The predicted octanol–water partition coefficient (Wildman–Crippen LogP) is -2.51. The fourth-order valence-corrected chi connectivity index (χ4v) is 5.02. The van der Waals surface area contributed by atoms with Crippen LogP contribution < -0.4 is 0 Å². The van der Waals surface area contributed by atoms with Crippen molar-refractivity contribution in [3.05, 3.63) is 47.2 Å². The molecule has 16 nitrogen and oxygen atoms in total. The smallest absolute Gasteiger partial charge is 0.270 e. The van der Waals surface area contributed by atoms with Gasteiger partial charge in [0.05, 0.1) is 24.8 Å². The van der Waals surface area contributed by atoms with E-state index in [1.54, 1.807) is 0 Å². The topological polar surface area (TPSA) is 272 Å². The number of aliphatic hydroxyl groups is 8. The average Bonchev–Trinajstić information content (AvgIpc) is 2.97. The minimum Gasteiger partial charge on any atom is -0.571 e. The van der Waals surface area contributed by atoms with Crippen LogP contribution in [0.3, 0.4) is 0 Å². The molecule has 236 valence electrons. The maximum atomic E-state index is 10.7. The standard InChI is InChI=1S/C27H32O16/c28-7-17-19(33)21(35)23(37)26(42-17)39-8-18-20(34)22(36)24(38)27(43-18)41-16-6-11-13(31)4-10(29)5-15(11)40-25(16)9-1-2-12(30)14(32)3-9/h1-6,17-38H,7-8H2/p+1/t17-,18-,19-,20-,21+,22+,23-,24-,25?,26-,27-/m1/s1. The van der Waals surface area contributed by atoms with Crippen LogP contribution in [0.2, 0.25) is 0 Å². The van der Waals surface area contributed by atoms with Gasteiger partial charge in [0.25, 0.3) is 11.9 Å². The zero-order chi connectivity index (χ0) is 31.2. The van der Waals surface area contributed by atoms with Gasteiger partial charge in [0, 0.05) is 12.1 Å². The molecule has 2 aromatic carbocycles. The fourth-order valence-electron chi connectivity index (χ4n) is 5.02. The molecule has 0 saturated carbocycles. The van der Waals surface area contributed by atoms with Crippen LogP contribution in [0.25, 0.3) is 6.08 Å². The molecule has 12 N–H and O–H groups in total. The van der Waals surface area contributed by atoms with E-state index in [0.717, 1.165) is 6.07 Å². The molecule has 2 fully saturated rings. The number of hydrogen-bond donors (Lipinski definition) is 11. The van der Waals surface area contributed by atoms with Gasteiger partial charge in [-0.15, -0.1) is 0 Å². The Labute approximate surface area is 243 Å². The molecule has 3 aliphatic heterocycles. The van der Waals surface area contributed by atoms with E-state index in [1.807, 2.05) is 0 Å². The molecule has 0 amide bonds. The summed E-state index contributed by atoms with van der Waals surface area (Å²) in [6, 6.07) is 6.15. The Morgan fingerprint density at radius 1 is 0.698 bits per heavy atom. The van der Waals surface area contributed by atoms with Crippen LogP contribution in [0.15, 0.2) is 36.1 Å². The number of phenols is 4. The SMILES string of the molecule is OC[C@H]1O[C@@H](OC[C@H]2O[C@@H](OC3=Cc4c(O)cc(O)cc4[OH+]C3c3ccc(O)c(O)c3)[C@H](O)[C@@H](O)[C@@H]2O)[C@H](O)[C@@H](O)[C@@H]1O. The summed E-state index contributed by atoms with van der Waals surface area (Å²) in [5.74, 6) is -1.45. The molecule has 1 unspecified atom stereocenters. The van der Waals surface area contributed by atoms with E-state index in [1.165, 1.54) is 30.3 Å². The molecule has 2 saturated heterocycles. The number of phenolic OH excluding ortho intramolecular Hbond substituents is 4. The first-order chi connectivity index (χ1) is 20.4. The molecule has 3 aliphatic rings. The second-order valence-corrected chi connectivity index (χ2v) is 10.4. The van der Waals surface area contributed by atoms with Crippen molar-refractivity contribution in [3.8, 4) is 28.7 Å². The number of aliphatic hydroxyl groups excluding tert-OH is 7. The molecule has 0 aliphatic carbocycles. The van der Waals surface area contributed by atoms with Crippen LogP contribution in [0, 0.1) is 0 Å². The second kappa shape index (κ2) is 12.3. The third-order valence-corrected chi connectivity index (χ3v) is 7.45. The van der Waals surface area contributed by atoms with E-state index < -0.39 is 92.2 Å². The molecule has 0 bridgehead atoms. The Morgan fingerprint density at radius 2 is 1.35 bits per heavy atom. The Morgan fingerprint density at radius 3 is 2.02 bits per heavy atom. The van der Waals surface area contributed by atoms with Crippen molar-refractivity contribution in [1.82, 2.24) is 0 Å². The van der Waals surface area contributed by atoms with Gasteiger partial charge < -0.3 is 79.9 Å². The van der Waals surface area contributed by atoms with Gasteiger partial charge in [0.2, 0.25) is 6.29 Å². The van der Waals surface area contributed by atoms with Crippen LogP contribution in [0.1, 0.15) is 17.2 Å². The van der Waals surface area contributed by atoms with Gasteiger partial charge in [0.1, 0.15) is 65.9 Å². The lowest BCUT2D eigenvalue weighted by Gasteiger charge is -2.43. The summed E-state index contributed by atoms with van der Waals surface area (Å²) in [5.41, 5.74) is 0.406. The molecule has 16 heteroatoms. The monoisotopic (exact) mass is 613 g/mol. The quantitative estimate of drug-likeness (QED) is 0.114. The van der Waals surface area contributed by atoms with Gasteiger partial charge in [-0.2, -0.15) is 0 Å². The summed E-state index contributed by atoms with van der Waals surface area (Å²) in [7, 11) is 0. The molecule has 0 aromatic heterocycles. The molecule has 0 radical (unpaired) electrons. The van der Waals surface area contributed by atoms with Crippen molar-refractivity contribution in [2.24, 2.45) is 0 Å². The van der Waals surface area contributed by atoms with Gasteiger partial charge in [-0.3, -0.25) is 0 Å². The van der Waals surface area contributed by atoms with Crippen molar-refractivity contribution in [2.75, 3.05) is 13.2 Å². The minimum atomic E-state index is -1.84. The van der Waals surface area contributed by atoms with E-state index >= 15 is 0 Å². The summed E-state index contributed by atoms with van der Waals surface area (Å²) >= 11 is 0. The number of benzene rings is 2. The van der Waals surface area contributed by atoms with Crippen molar-refractivity contribution in [2.45, 2.75) is 67.5 Å². The lowest BCUT2D eigenvalue weighted by Crippen LogP contribution is -2.61. The molecule has 43 heavy (non-hydrogen) atoms. The van der Waals surface area contributed by atoms with Gasteiger partial charge in [-0.05, 0) is 18.2 Å². The molecule has 0 spiro atoms. The van der Waals surface area contributed by atoms with Crippen LogP contribution in [-0.2, 0) is 18.9 Å². The Hall–Kier alpha value is -3.42. The summed E-state index contributed by atoms with van der Waals surface area (Å²) in [5, 5.41) is 112. The number of fused-ring (bicyclic) bond motifs is 1. The highest BCUT2D eigenvalue weighted by molar-refractivity contribution is 5.69.